The zero-order chi connectivity index (χ0) is 16.9. The second kappa shape index (κ2) is 7.85. The molecule has 0 saturated carbocycles. The second-order valence-electron chi connectivity index (χ2n) is 5.47. The van der Waals surface area contributed by atoms with Gasteiger partial charge in [-0.2, -0.15) is 0 Å². The van der Waals surface area contributed by atoms with E-state index in [1.54, 1.807) is 0 Å². The molecule has 23 heavy (non-hydrogen) atoms. The lowest BCUT2D eigenvalue weighted by molar-refractivity contribution is -0.274. The Morgan fingerprint density at radius 1 is 1.39 bits per heavy atom. The van der Waals surface area contributed by atoms with Crippen LogP contribution in [0, 0.1) is 5.92 Å². The molecule has 0 spiro atoms. The Bertz CT molecular complexity index is 511. The number of alkyl halides is 3. The standard InChI is InChI=1S/C15H21F3N2O3/c1-22-14-3-2-13(23-15(16,17)18)8-12(14)9-19-20-6-4-11(10-20)5-7-21/h2-3,8,11,19,21H,4-7,9-10H2,1H3. The van der Waals surface area contributed by atoms with E-state index in [9.17, 15) is 13.2 Å². The van der Waals surface area contributed by atoms with Crippen molar-refractivity contribution < 1.29 is 27.8 Å². The monoisotopic (exact) mass is 334 g/mol. The lowest BCUT2D eigenvalue weighted by Gasteiger charge is -2.19. The highest BCUT2D eigenvalue weighted by atomic mass is 19.4. The van der Waals surface area contributed by atoms with Crippen LogP contribution in [0.25, 0.3) is 0 Å². The summed E-state index contributed by atoms with van der Waals surface area (Å²) in [5, 5.41) is 11.0. The van der Waals surface area contributed by atoms with Gasteiger partial charge < -0.3 is 14.6 Å². The number of nitrogens with zero attached hydrogens (tertiary/aromatic N) is 1. The number of hydrogen-bond acceptors (Lipinski definition) is 5. The highest BCUT2D eigenvalue weighted by Crippen LogP contribution is 2.28. The molecule has 0 amide bonds. The Kier molecular flexibility index (Phi) is 6.09. The van der Waals surface area contributed by atoms with E-state index in [1.807, 2.05) is 5.01 Å². The molecule has 2 N–H and O–H groups in total. The number of benzene rings is 1. The van der Waals surface area contributed by atoms with Crippen molar-refractivity contribution in [1.29, 1.82) is 0 Å². The van der Waals surface area contributed by atoms with Crippen LogP contribution in [0.5, 0.6) is 11.5 Å². The molecule has 1 aliphatic heterocycles. The molecule has 1 aromatic rings. The Hall–Kier alpha value is -1.51. The third-order valence-electron chi connectivity index (χ3n) is 3.80. The van der Waals surface area contributed by atoms with Gasteiger partial charge in [0.05, 0.1) is 7.11 Å². The predicted octanol–water partition coefficient (Wildman–Crippen LogP) is 2.30. The zero-order valence-corrected chi connectivity index (χ0v) is 12.9. The summed E-state index contributed by atoms with van der Waals surface area (Å²) in [6, 6.07) is 4.00. The van der Waals surface area contributed by atoms with Crippen molar-refractivity contribution in [1.82, 2.24) is 10.4 Å². The third-order valence-corrected chi connectivity index (χ3v) is 3.80. The van der Waals surface area contributed by atoms with Crippen LogP contribution in [0.1, 0.15) is 18.4 Å². The summed E-state index contributed by atoms with van der Waals surface area (Å²) in [6.07, 6.45) is -2.97. The van der Waals surface area contributed by atoms with E-state index in [0.717, 1.165) is 25.9 Å². The van der Waals surface area contributed by atoms with Gasteiger partial charge in [-0.05, 0) is 37.0 Å². The van der Waals surface area contributed by atoms with Crippen molar-refractivity contribution in [2.75, 3.05) is 26.8 Å². The maximum Gasteiger partial charge on any atom is 0.573 e. The van der Waals surface area contributed by atoms with E-state index in [2.05, 4.69) is 10.2 Å². The number of hydrazine groups is 1. The number of rotatable bonds is 7. The maximum atomic E-state index is 12.3. The first kappa shape index (κ1) is 17.8. The zero-order valence-electron chi connectivity index (χ0n) is 12.9. The maximum absolute atomic E-state index is 12.3. The fourth-order valence-corrected chi connectivity index (χ4v) is 2.68. The first-order valence-corrected chi connectivity index (χ1v) is 7.43. The minimum Gasteiger partial charge on any atom is -0.496 e. The van der Waals surface area contributed by atoms with Gasteiger partial charge in [-0.1, -0.05) is 0 Å². The summed E-state index contributed by atoms with van der Waals surface area (Å²) in [5.41, 5.74) is 3.77. The van der Waals surface area contributed by atoms with Crippen molar-refractivity contribution in [3.8, 4) is 11.5 Å². The SMILES string of the molecule is COc1ccc(OC(F)(F)F)cc1CNN1CCC(CCO)C1. The van der Waals surface area contributed by atoms with Gasteiger partial charge in [-0.3, -0.25) is 5.43 Å². The molecule has 1 aliphatic rings. The van der Waals surface area contributed by atoms with Crippen LogP contribution < -0.4 is 14.9 Å². The summed E-state index contributed by atoms with van der Waals surface area (Å²) in [6.45, 7) is 2.15. The lowest BCUT2D eigenvalue weighted by atomic mass is 10.1. The van der Waals surface area contributed by atoms with Crippen LogP contribution in [-0.4, -0.2) is 43.3 Å². The van der Waals surface area contributed by atoms with Crippen molar-refractivity contribution in [2.24, 2.45) is 5.92 Å². The van der Waals surface area contributed by atoms with E-state index in [4.69, 9.17) is 9.84 Å². The Morgan fingerprint density at radius 2 is 2.17 bits per heavy atom. The van der Waals surface area contributed by atoms with Gasteiger partial charge >= 0.3 is 6.36 Å². The predicted molar refractivity (Wildman–Crippen MR) is 77.9 cm³/mol. The van der Waals surface area contributed by atoms with Gasteiger partial charge in [-0.25, -0.2) is 5.01 Å². The number of aliphatic hydroxyl groups is 1. The molecule has 0 radical (unpaired) electrons. The van der Waals surface area contributed by atoms with Crippen molar-refractivity contribution in [3.63, 3.8) is 0 Å². The van der Waals surface area contributed by atoms with E-state index >= 15 is 0 Å². The number of methoxy groups -OCH3 is 1. The number of nitrogens with one attached hydrogen (secondary N) is 1. The van der Waals surface area contributed by atoms with Crippen molar-refractivity contribution >= 4 is 0 Å². The van der Waals surface area contributed by atoms with Crippen LogP contribution in [0.15, 0.2) is 18.2 Å². The Morgan fingerprint density at radius 3 is 2.83 bits per heavy atom. The van der Waals surface area contributed by atoms with Gasteiger partial charge in [0.25, 0.3) is 0 Å². The molecule has 5 nitrogen and oxygen atoms in total. The van der Waals surface area contributed by atoms with Gasteiger partial charge in [0.2, 0.25) is 0 Å². The molecule has 0 aliphatic carbocycles. The Labute approximate surface area is 133 Å². The first-order chi connectivity index (χ1) is 10.9. The summed E-state index contributed by atoms with van der Waals surface area (Å²) >= 11 is 0. The largest absolute Gasteiger partial charge is 0.573 e. The van der Waals surface area contributed by atoms with Crippen molar-refractivity contribution in [2.45, 2.75) is 25.7 Å². The molecule has 1 atom stereocenters. The second-order valence-corrected chi connectivity index (χ2v) is 5.47. The number of halogens is 3. The minimum absolute atomic E-state index is 0.170. The molecular formula is C15H21F3N2O3. The Balaban J connectivity index is 1.96. The average Bonchev–Trinajstić information content (AvgIpc) is 2.92. The normalized spacial score (nSPS) is 19.1. The summed E-state index contributed by atoms with van der Waals surface area (Å²) in [4.78, 5) is 0. The molecule has 8 heteroatoms. The van der Waals surface area contributed by atoms with Crippen LogP contribution in [-0.2, 0) is 6.54 Å². The van der Waals surface area contributed by atoms with Crippen LogP contribution in [0.2, 0.25) is 0 Å². The van der Waals surface area contributed by atoms with Gasteiger partial charge in [-0.15, -0.1) is 13.2 Å². The molecule has 1 saturated heterocycles. The average molecular weight is 334 g/mol. The first-order valence-electron chi connectivity index (χ1n) is 7.43. The van der Waals surface area contributed by atoms with E-state index in [1.165, 1.54) is 25.3 Å². The summed E-state index contributed by atoms with van der Waals surface area (Å²) in [7, 11) is 1.47. The minimum atomic E-state index is -4.72. The van der Waals surface area contributed by atoms with E-state index in [0.29, 0.717) is 23.8 Å². The van der Waals surface area contributed by atoms with E-state index in [-0.39, 0.29) is 12.4 Å². The van der Waals surface area contributed by atoms with Crippen LogP contribution in [0.4, 0.5) is 13.2 Å². The summed E-state index contributed by atoms with van der Waals surface area (Å²) in [5.74, 6) is 0.669. The molecule has 1 heterocycles. The fraction of sp³-hybridized carbons (Fsp3) is 0.600. The number of aliphatic hydroxyl groups excluding tert-OH is 1. The highest BCUT2D eigenvalue weighted by Gasteiger charge is 2.31. The molecule has 1 fully saturated rings. The summed E-state index contributed by atoms with van der Waals surface area (Å²) < 4.78 is 46.0. The number of ether oxygens (including phenoxy) is 2. The smallest absolute Gasteiger partial charge is 0.496 e. The molecule has 1 aromatic carbocycles. The molecule has 2 rings (SSSR count). The van der Waals surface area contributed by atoms with Crippen LogP contribution in [0.3, 0.4) is 0 Å². The van der Waals surface area contributed by atoms with Crippen molar-refractivity contribution in [3.05, 3.63) is 23.8 Å². The molecular weight excluding hydrogens is 313 g/mol. The molecule has 0 aromatic heterocycles. The third kappa shape index (κ3) is 5.56. The van der Waals surface area contributed by atoms with Gasteiger partial charge in [0.1, 0.15) is 11.5 Å². The quantitative estimate of drug-likeness (QED) is 0.801. The van der Waals surface area contributed by atoms with E-state index < -0.39 is 6.36 Å². The molecule has 0 bridgehead atoms. The van der Waals surface area contributed by atoms with Crippen LogP contribution >= 0.6 is 0 Å². The fourth-order valence-electron chi connectivity index (χ4n) is 2.68. The number of hydrogen-bond donors (Lipinski definition) is 2. The van der Waals surface area contributed by atoms with Gasteiger partial charge in [0, 0.05) is 31.8 Å². The topological polar surface area (TPSA) is 54.0 Å². The molecule has 1 unspecified atom stereocenters. The highest BCUT2D eigenvalue weighted by molar-refractivity contribution is 5.40. The lowest BCUT2D eigenvalue weighted by Crippen LogP contribution is -2.35. The molecule has 130 valence electrons. The van der Waals surface area contributed by atoms with Gasteiger partial charge in [0.15, 0.2) is 0 Å².